The van der Waals surface area contributed by atoms with Gasteiger partial charge in [-0.25, -0.2) is 0 Å². The lowest BCUT2D eigenvalue weighted by Crippen LogP contribution is -2.34. The van der Waals surface area contributed by atoms with E-state index in [2.05, 4.69) is 26.0 Å². The van der Waals surface area contributed by atoms with Crippen LogP contribution in [0.2, 0.25) is 0 Å². The normalized spacial score (nSPS) is 14.6. The standard InChI is InChI=1S/C22H19BrN2O6S/c1-13-4-3-5-15(8-13)24-19(26)12-31-17-7-6-14(9-16(17)23)10-18-21(28)25(22(29)32-18)11-20(27)30-2/h3-10H,11-12H2,1-2H3,(H,24,26)/b18-10-. The van der Waals surface area contributed by atoms with Crippen LogP contribution in [0.5, 0.6) is 5.75 Å². The molecule has 0 spiro atoms. The maximum atomic E-state index is 12.4. The predicted molar refractivity (Wildman–Crippen MR) is 124 cm³/mol. The first-order valence-electron chi connectivity index (χ1n) is 9.38. The Hall–Kier alpha value is -3.11. The zero-order valence-corrected chi connectivity index (χ0v) is 19.6. The van der Waals surface area contributed by atoms with E-state index in [1.54, 1.807) is 30.3 Å². The van der Waals surface area contributed by atoms with E-state index < -0.39 is 23.7 Å². The van der Waals surface area contributed by atoms with Crippen LogP contribution >= 0.6 is 27.7 Å². The number of ether oxygens (including phenoxy) is 2. The maximum Gasteiger partial charge on any atom is 0.325 e. The average Bonchev–Trinajstić information content (AvgIpc) is 3.00. The maximum absolute atomic E-state index is 12.4. The number of anilines is 1. The van der Waals surface area contributed by atoms with Crippen molar-refractivity contribution < 1.29 is 28.7 Å². The van der Waals surface area contributed by atoms with Gasteiger partial charge in [0.2, 0.25) is 0 Å². The molecule has 3 rings (SSSR count). The summed E-state index contributed by atoms with van der Waals surface area (Å²) in [5, 5.41) is 2.23. The molecular weight excluding hydrogens is 500 g/mol. The van der Waals surface area contributed by atoms with Crippen molar-refractivity contribution in [1.82, 2.24) is 4.90 Å². The summed E-state index contributed by atoms with van der Waals surface area (Å²) in [5.41, 5.74) is 2.36. The van der Waals surface area contributed by atoms with Crippen LogP contribution in [0.25, 0.3) is 6.08 Å². The number of hydrogen-bond donors (Lipinski definition) is 1. The molecule has 0 aliphatic carbocycles. The number of nitrogens with zero attached hydrogens (tertiary/aromatic N) is 1. The minimum atomic E-state index is -0.677. The zero-order valence-electron chi connectivity index (χ0n) is 17.2. The van der Waals surface area contributed by atoms with Gasteiger partial charge in [-0.05, 0) is 76.1 Å². The number of imide groups is 1. The number of carbonyl (C=O) groups excluding carboxylic acids is 4. The lowest BCUT2D eigenvalue weighted by molar-refractivity contribution is -0.143. The van der Waals surface area contributed by atoms with Gasteiger partial charge in [-0.15, -0.1) is 0 Å². The second kappa shape index (κ2) is 10.5. The fourth-order valence-corrected chi connectivity index (χ4v) is 4.12. The molecule has 32 heavy (non-hydrogen) atoms. The van der Waals surface area contributed by atoms with Crippen LogP contribution in [0.3, 0.4) is 0 Å². The van der Waals surface area contributed by atoms with Gasteiger partial charge in [0.15, 0.2) is 6.61 Å². The second-order valence-electron chi connectivity index (χ2n) is 6.74. The summed E-state index contributed by atoms with van der Waals surface area (Å²) < 4.78 is 10.7. The van der Waals surface area contributed by atoms with Crippen LogP contribution in [0.1, 0.15) is 11.1 Å². The molecule has 0 radical (unpaired) electrons. The molecule has 0 saturated carbocycles. The topological polar surface area (TPSA) is 102 Å². The lowest BCUT2D eigenvalue weighted by Gasteiger charge is -2.10. The number of esters is 1. The molecular formula is C22H19BrN2O6S. The molecule has 0 aromatic heterocycles. The quantitative estimate of drug-likeness (QED) is 0.436. The summed E-state index contributed by atoms with van der Waals surface area (Å²) in [6.07, 6.45) is 1.54. The molecule has 8 nitrogen and oxygen atoms in total. The fraction of sp³-hybridized carbons (Fsp3) is 0.182. The third kappa shape index (κ3) is 5.98. The highest BCUT2D eigenvalue weighted by Crippen LogP contribution is 2.33. The van der Waals surface area contributed by atoms with Gasteiger partial charge >= 0.3 is 5.97 Å². The fourth-order valence-electron chi connectivity index (χ4n) is 2.77. The third-order valence-electron chi connectivity index (χ3n) is 4.30. The van der Waals surface area contributed by atoms with Gasteiger partial charge in [0.25, 0.3) is 17.1 Å². The Kier molecular flexibility index (Phi) is 7.70. The molecule has 0 atom stereocenters. The Bertz CT molecular complexity index is 1120. The highest BCUT2D eigenvalue weighted by Gasteiger charge is 2.36. The van der Waals surface area contributed by atoms with Crippen LogP contribution in [-0.4, -0.2) is 48.2 Å². The first-order valence-corrected chi connectivity index (χ1v) is 11.0. The minimum Gasteiger partial charge on any atom is -0.483 e. The first kappa shape index (κ1) is 23.6. The van der Waals surface area contributed by atoms with Gasteiger partial charge in [0.1, 0.15) is 12.3 Å². The van der Waals surface area contributed by atoms with Crippen molar-refractivity contribution in [2.75, 3.05) is 25.6 Å². The number of rotatable bonds is 7. The molecule has 2 aromatic rings. The molecule has 1 aliphatic rings. The van der Waals surface area contributed by atoms with Gasteiger partial charge in [0.05, 0.1) is 16.5 Å². The van der Waals surface area contributed by atoms with Crippen molar-refractivity contribution >= 4 is 62.5 Å². The second-order valence-corrected chi connectivity index (χ2v) is 8.59. The van der Waals surface area contributed by atoms with E-state index in [1.165, 1.54) is 7.11 Å². The van der Waals surface area contributed by atoms with Crippen LogP contribution < -0.4 is 10.1 Å². The van der Waals surface area contributed by atoms with E-state index >= 15 is 0 Å². The molecule has 1 N–H and O–H groups in total. The Morgan fingerprint density at radius 2 is 1.97 bits per heavy atom. The van der Waals surface area contributed by atoms with Crippen molar-refractivity contribution in [2.45, 2.75) is 6.92 Å². The summed E-state index contributed by atoms with van der Waals surface area (Å²) in [7, 11) is 1.19. The molecule has 1 saturated heterocycles. The molecule has 1 aliphatic heterocycles. The summed E-state index contributed by atoms with van der Waals surface area (Å²) >= 11 is 4.13. The Morgan fingerprint density at radius 1 is 1.19 bits per heavy atom. The van der Waals surface area contributed by atoms with E-state index in [0.29, 0.717) is 21.5 Å². The number of nitrogens with one attached hydrogen (secondary N) is 1. The van der Waals surface area contributed by atoms with Crippen molar-refractivity contribution in [2.24, 2.45) is 0 Å². The summed E-state index contributed by atoms with van der Waals surface area (Å²) in [6.45, 7) is 1.32. The lowest BCUT2D eigenvalue weighted by atomic mass is 10.2. The van der Waals surface area contributed by atoms with E-state index in [1.807, 2.05) is 25.1 Å². The van der Waals surface area contributed by atoms with E-state index in [-0.39, 0.29) is 17.4 Å². The van der Waals surface area contributed by atoms with Gasteiger partial charge in [0, 0.05) is 5.69 Å². The van der Waals surface area contributed by atoms with E-state index in [4.69, 9.17) is 4.74 Å². The van der Waals surface area contributed by atoms with Gasteiger partial charge in [-0.2, -0.15) is 0 Å². The highest BCUT2D eigenvalue weighted by molar-refractivity contribution is 9.10. The molecule has 10 heteroatoms. The number of methoxy groups -OCH3 is 1. The smallest absolute Gasteiger partial charge is 0.325 e. The van der Waals surface area contributed by atoms with Crippen LogP contribution in [-0.2, 0) is 19.1 Å². The SMILES string of the molecule is COC(=O)CN1C(=O)S/C(=C\c2ccc(OCC(=O)Nc3cccc(C)c3)c(Br)c2)C1=O. The van der Waals surface area contributed by atoms with E-state index in [9.17, 15) is 19.2 Å². The van der Waals surface area contributed by atoms with Crippen LogP contribution in [0.4, 0.5) is 10.5 Å². The highest BCUT2D eigenvalue weighted by atomic mass is 79.9. The first-order chi connectivity index (χ1) is 15.3. The molecule has 2 aromatic carbocycles. The minimum absolute atomic E-state index is 0.182. The number of thioether (sulfide) groups is 1. The van der Waals surface area contributed by atoms with Crippen molar-refractivity contribution in [3.05, 3.63) is 63.0 Å². The van der Waals surface area contributed by atoms with Gasteiger partial charge in [-0.3, -0.25) is 24.1 Å². The largest absolute Gasteiger partial charge is 0.483 e. The van der Waals surface area contributed by atoms with Crippen molar-refractivity contribution in [3.63, 3.8) is 0 Å². The molecule has 1 heterocycles. The monoisotopic (exact) mass is 518 g/mol. The third-order valence-corrected chi connectivity index (χ3v) is 5.83. The van der Waals surface area contributed by atoms with Crippen molar-refractivity contribution in [1.29, 1.82) is 0 Å². The molecule has 166 valence electrons. The van der Waals surface area contributed by atoms with Crippen LogP contribution in [0.15, 0.2) is 51.8 Å². The number of carbonyl (C=O) groups is 4. The molecule has 0 unspecified atom stereocenters. The number of amides is 3. The Morgan fingerprint density at radius 3 is 2.66 bits per heavy atom. The number of benzene rings is 2. The summed E-state index contributed by atoms with van der Waals surface area (Å²) in [4.78, 5) is 49.0. The van der Waals surface area contributed by atoms with E-state index in [0.717, 1.165) is 22.2 Å². The van der Waals surface area contributed by atoms with Gasteiger partial charge in [-0.1, -0.05) is 18.2 Å². The average molecular weight is 519 g/mol. The van der Waals surface area contributed by atoms with Crippen molar-refractivity contribution in [3.8, 4) is 5.75 Å². The van der Waals surface area contributed by atoms with Crippen LogP contribution in [0, 0.1) is 6.92 Å². The summed E-state index contributed by atoms with van der Waals surface area (Å²) in [6, 6.07) is 12.5. The summed E-state index contributed by atoms with van der Waals surface area (Å²) in [5.74, 6) is -1.09. The Balaban J connectivity index is 1.62. The number of hydrogen-bond acceptors (Lipinski definition) is 7. The Labute approximate surface area is 197 Å². The zero-order chi connectivity index (χ0) is 23.3. The number of aryl methyl sites for hydroxylation is 1. The van der Waals surface area contributed by atoms with Gasteiger partial charge < -0.3 is 14.8 Å². The molecule has 0 bridgehead atoms. The molecule has 3 amide bonds. The predicted octanol–water partition coefficient (Wildman–Crippen LogP) is 3.98. The number of halogens is 1. The molecule has 1 fully saturated rings.